The normalized spacial score (nSPS) is 20.0. The Kier molecular flexibility index (Phi) is 6.27. The van der Waals surface area contributed by atoms with Gasteiger partial charge in [0.05, 0.1) is 35.0 Å². The van der Waals surface area contributed by atoms with Crippen molar-refractivity contribution in [2.75, 3.05) is 24.4 Å². The number of carbonyl (C=O) groups excluding carboxylic acids is 1. The lowest BCUT2D eigenvalue weighted by molar-refractivity contribution is 0.0635. The molecular formula is C24H31N7O4S. The van der Waals surface area contributed by atoms with E-state index < -0.39 is 11.0 Å². The molecule has 0 spiro atoms. The van der Waals surface area contributed by atoms with Gasteiger partial charge in [-0.1, -0.05) is 6.07 Å². The molecule has 192 valence electrons. The molecule has 1 fully saturated rings. The summed E-state index contributed by atoms with van der Waals surface area (Å²) in [6.45, 7) is 7.61. The van der Waals surface area contributed by atoms with Gasteiger partial charge in [-0.15, -0.1) is 4.40 Å². The van der Waals surface area contributed by atoms with Crippen LogP contribution in [0, 0.1) is 12.8 Å². The van der Waals surface area contributed by atoms with Gasteiger partial charge in [-0.05, 0) is 62.8 Å². The number of amides is 1. The fourth-order valence-corrected chi connectivity index (χ4v) is 5.69. The first-order chi connectivity index (χ1) is 17.1. The summed E-state index contributed by atoms with van der Waals surface area (Å²) < 4.78 is 34.1. The molecule has 2 aromatic heterocycles. The van der Waals surface area contributed by atoms with E-state index in [-0.39, 0.29) is 23.7 Å². The van der Waals surface area contributed by atoms with E-state index in [0.29, 0.717) is 42.3 Å². The molecule has 5 N–H and O–H groups in total. The Bertz CT molecular complexity index is 1350. The number of likely N-dealkylation sites (tertiary alicyclic amines) is 1. The first-order valence-corrected chi connectivity index (χ1v) is 13.4. The van der Waals surface area contributed by atoms with Crippen LogP contribution < -0.4 is 15.2 Å². The van der Waals surface area contributed by atoms with Gasteiger partial charge in [0.2, 0.25) is 0 Å². The van der Waals surface area contributed by atoms with Gasteiger partial charge in [-0.3, -0.25) is 18.6 Å². The maximum Gasteiger partial charge on any atom is 0.254 e. The quantitative estimate of drug-likeness (QED) is 0.400. The van der Waals surface area contributed by atoms with Crippen molar-refractivity contribution in [3.05, 3.63) is 47.3 Å². The molecule has 36 heavy (non-hydrogen) atoms. The van der Waals surface area contributed by atoms with Gasteiger partial charge >= 0.3 is 0 Å². The van der Waals surface area contributed by atoms with Crippen LogP contribution in [0.25, 0.3) is 11.0 Å². The Morgan fingerprint density at radius 1 is 1.36 bits per heavy atom. The molecule has 1 saturated heterocycles. The number of hydrogen-bond acceptors (Lipinski definition) is 9. The summed E-state index contributed by atoms with van der Waals surface area (Å²) in [5, 5.41) is 5.23. The summed E-state index contributed by atoms with van der Waals surface area (Å²) in [6.07, 6.45) is 3.53. The Hall–Kier alpha value is -3.35. The van der Waals surface area contributed by atoms with Crippen molar-refractivity contribution in [2.45, 2.75) is 39.7 Å². The molecule has 0 radical (unpaired) electrons. The first-order valence-electron chi connectivity index (χ1n) is 11.9. The molecule has 0 unspecified atom stereocenters. The number of pyridine rings is 1. The highest BCUT2D eigenvalue weighted by Gasteiger charge is 2.29. The predicted molar refractivity (Wildman–Crippen MR) is 140 cm³/mol. The van der Waals surface area contributed by atoms with Gasteiger partial charge in [0.1, 0.15) is 5.75 Å². The van der Waals surface area contributed by atoms with Gasteiger partial charge in [-0.25, -0.2) is 9.67 Å². The molecule has 3 aromatic rings. The average Bonchev–Trinajstić information content (AvgIpc) is 3.25. The molecule has 1 aromatic carbocycles. The van der Waals surface area contributed by atoms with Crippen LogP contribution in [0.3, 0.4) is 0 Å². The molecule has 12 heteroatoms. The Morgan fingerprint density at radius 3 is 2.94 bits per heavy atom. The topological polar surface area (TPSA) is 151 Å². The number of piperidine rings is 1. The second-order valence-corrected chi connectivity index (χ2v) is 11.0. The molecule has 1 atom stereocenters. The van der Waals surface area contributed by atoms with Gasteiger partial charge < -0.3 is 15.4 Å². The summed E-state index contributed by atoms with van der Waals surface area (Å²) in [4.78, 5) is 20.1. The molecule has 5 rings (SSSR count). The van der Waals surface area contributed by atoms with Crippen molar-refractivity contribution in [1.82, 2.24) is 19.7 Å². The van der Waals surface area contributed by atoms with E-state index >= 15 is 0 Å². The van der Waals surface area contributed by atoms with Crippen LogP contribution in [0.5, 0.6) is 5.75 Å². The smallest absolute Gasteiger partial charge is 0.254 e. The summed E-state index contributed by atoms with van der Waals surface area (Å²) in [5.74, 6) is 0.623. The molecule has 11 nitrogen and oxygen atoms in total. The highest BCUT2D eigenvalue weighted by molar-refractivity contribution is 8.24. The van der Waals surface area contributed by atoms with Crippen molar-refractivity contribution >= 4 is 39.4 Å². The van der Waals surface area contributed by atoms with Gasteiger partial charge in [0.15, 0.2) is 11.5 Å². The van der Waals surface area contributed by atoms with E-state index in [2.05, 4.69) is 19.2 Å². The molecule has 4 heterocycles. The zero-order valence-electron chi connectivity index (χ0n) is 20.5. The molecule has 0 saturated carbocycles. The lowest BCUT2D eigenvalue weighted by Gasteiger charge is -2.34. The second-order valence-electron chi connectivity index (χ2n) is 9.58. The number of ether oxygens (including phenoxy) is 1. The number of aryl methyl sites for hydroxylation is 1. The SMILES string of the molecule is Cc1cc(C(=O)N2CCC[C@H](COc3cccc4c3C(N)=NS(O)(O)N4)C2)c2cnn(C(C)C)c2n1. The third-order valence-electron chi connectivity index (χ3n) is 6.45. The highest BCUT2D eigenvalue weighted by atomic mass is 32.3. The third kappa shape index (κ3) is 4.59. The zero-order chi connectivity index (χ0) is 25.6. The van der Waals surface area contributed by atoms with Crippen LogP contribution >= 0.6 is 11.0 Å². The van der Waals surface area contributed by atoms with Crippen molar-refractivity contribution in [3.8, 4) is 5.75 Å². The Labute approximate surface area is 211 Å². The maximum absolute atomic E-state index is 13.6. The largest absolute Gasteiger partial charge is 0.492 e. The van der Waals surface area contributed by atoms with E-state index in [1.54, 1.807) is 24.4 Å². The number of benzene rings is 1. The predicted octanol–water partition coefficient (Wildman–Crippen LogP) is 3.96. The minimum Gasteiger partial charge on any atom is -0.492 e. The van der Waals surface area contributed by atoms with E-state index in [4.69, 9.17) is 10.5 Å². The van der Waals surface area contributed by atoms with Crippen molar-refractivity contribution in [3.63, 3.8) is 0 Å². The number of aromatic nitrogens is 3. The molecule has 0 bridgehead atoms. The number of rotatable bonds is 5. The van der Waals surface area contributed by atoms with E-state index in [9.17, 15) is 13.9 Å². The first kappa shape index (κ1) is 24.3. The molecule has 1 amide bonds. The number of anilines is 1. The zero-order valence-corrected chi connectivity index (χ0v) is 21.3. The van der Waals surface area contributed by atoms with E-state index in [1.807, 2.05) is 36.4 Å². The second kappa shape index (κ2) is 9.26. The van der Waals surface area contributed by atoms with Crippen LogP contribution in [0.4, 0.5) is 5.69 Å². The van der Waals surface area contributed by atoms with E-state index in [0.717, 1.165) is 29.6 Å². The van der Waals surface area contributed by atoms with Crippen molar-refractivity contribution < 1.29 is 18.6 Å². The number of hydrogen-bond donors (Lipinski definition) is 4. The number of nitrogens with one attached hydrogen (secondary N) is 1. The van der Waals surface area contributed by atoms with Crippen molar-refractivity contribution in [1.29, 1.82) is 0 Å². The molecular weight excluding hydrogens is 482 g/mol. The minimum atomic E-state index is -3.36. The van der Waals surface area contributed by atoms with Crippen LogP contribution in [-0.4, -0.2) is 60.2 Å². The van der Waals surface area contributed by atoms with Crippen LogP contribution in [0.15, 0.2) is 34.9 Å². The lowest BCUT2D eigenvalue weighted by Crippen LogP contribution is -2.41. The standard InChI is InChI=1S/C24H31N7O4S/c1-14(2)31-23-18(11-26-31)17(10-15(3)27-23)24(32)30-9-5-6-16(12-30)13-35-20-8-4-7-19-21(20)22(25)29-36(33,34)28-19/h4,7-8,10-11,14,16,28,33-34H,5-6,9,12-13H2,1-3H3,(H2,25,29)/t16-/m0/s1. The van der Waals surface area contributed by atoms with Crippen LogP contribution in [-0.2, 0) is 0 Å². The average molecular weight is 514 g/mol. The lowest BCUT2D eigenvalue weighted by atomic mass is 9.97. The van der Waals surface area contributed by atoms with Crippen LogP contribution in [0.2, 0.25) is 0 Å². The molecule has 2 aliphatic heterocycles. The monoisotopic (exact) mass is 513 g/mol. The van der Waals surface area contributed by atoms with Gasteiger partial charge in [0.25, 0.3) is 5.91 Å². The number of nitrogens with zero attached hydrogens (tertiary/aromatic N) is 5. The molecule has 0 aliphatic carbocycles. The van der Waals surface area contributed by atoms with Gasteiger partial charge in [0, 0.05) is 30.7 Å². The van der Waals surface area contributed by atoms with Crippen LogP contribution in [0.1, 0.15) is 54.3 Å². The molecule has 2 aliphatic rings. The summed E-state index contributed by atoms with van der Waals surface area (Å²) in [6, 6.07) is 7.20. The minimum absolute atomic E-state index is 0.0128. The third-order valence-corrected chi connectivity index (χ3v) is 7.40. The Balaban J connectivity index is 1.32. The summed E-state index contributed by atoms with van der Waals surface area (Å²) >= 11 is 0. The summed E-state index contributed by atoms with van der Waals surface area (Å²) in [7, 11) is -3.36. The van der Waals surface area contributed by atoms with Gasteiger partial charge in [-0.2, -0.15) is 5.10 Å². The Morgan fingerprint density at radius 2 is 2.17 bits per heavy atom. The highest BCUT2D eigenvalue weighted by Crippen LogP contribution is 2.46. The number of nitrogens with two attached hydrogens (primary N) is 1. The number of carbonyl (C=O) groups is 1. The van der Waals surface area contributed by atoms with E-state index in [1.165, 1.54) is 0 Å². The number of amidine groups is 1. The fourth-order valence-electron chi connectivity index (χ4n) is 4.82. The fraction of sp³-hybridized carbons (Fsp3) is 0.417. The number of fused-ring (bicyclic) bond motifs is 2. The summed E-state index contributed by atoms with van der Waals surface area (Å²) in [5.41, 5.74) is 9.09. The van der Waals surface area contributed by atoms with Crippen molar-refractivity contribution in [2.24, 2.45) is 16.0 Å². The maximum atomic E-state index is 13.6.